The summed E-state index contributed by atoms with van der Waals surface area (Å²) in [5, 5.41) is 0.891. The molecule has 3 aromatic heterocycles. The van der Waals surface area contributed by atoms with Gasteiger partial charge in [-0.2, -0.15) is 4.98 Å². The minimum atomic E-state index is -0.501. The molecular formula is C31H34ClFN6O. The summed E-state index contributed by atoms with van der Waals surface area (Å²) in [6, 6.07) is 8.27. The molecule has 4 aromatic rings. The van der Waals surface area contributed by atoms with Crippen LogP contribution < -0.4 is 10.6 Å². The van der Waals surface area contributed by atoms with Crippen LogP contribution in [-0.4, -0.2) is 37.1 Å². The van der Waals surface area contributed by atoms with Crippen LogP contribution in [0.4, 0.5) is 10.2 Å². The van der Waals surface area contributed by atoms with Crippen molar-refractivity contribution in [2.45, 2.75) is 66.3 Å². The topological polar surface area (TPSA) is 76.8 Å². The zero-order valence-corrected chi connectivity index (χ0v) is 24.6. The van der Waals surface area contributed by atoms with Crippen LogP contribution in [0.5, 0.6) is 0 Å². The number of rotatable bonds is 5. The first-order valence-corrected chi connectivity index (χ1v) is 14.0. The molecule has 1 aliphatic heterocycles. The van der Waals surface area contributed by atoms with E-state index in [1.807, 2.05) is 27.7 Å². The standard InChI is InChI=1S/C31H34ClFN6O/c1-16(2)25-27(20(7)34-28(35-25)17(3)4)39-30-22(14-23(32)26(36-30)21-10-8-9-11-24(21)33)29(37-31(39)40)38-15-18(5)12-13-19(38)6/h8-11,14,16,18-19H,3,12-13,15H2,1-2,4-7H3/t18-,19-/m0/s1. The largest absolute Gasteiger partial charge is 0.355 e. The van der Waals surface area contributed by atoms with Crippen molar-refractivity contribution in [2.75, 3.05) is 11.4 Å². The summed E-state index contributed by atoms with van der Waals surface area (Å²) in [5.74, 6) is 0.998. The summed E-state index contributed by atoms with van der Waals surface area (Å²) >= 11 is 6.80. The summed E-state index contributed by atoms with van der Waals surface area (Å²) in [6.45, 7) is 16.8. The second-order valence-electron chi connectivity index (χ2n) is 11.2. The van der Waals surface area contributed by atoms with Crippen molar-refractivity contribution in [3.05, 3.63) is 75.4 Å². The summed E-state index contributed by atoms with van der Waals surface area (Å²) in [5.41, 5.74) is 2.85. The lowest BCUT2D eigenvalue weighted by molar-refractivity contribution is 0.388. The zero-order valence-electron chi connectivity index (χ0n) is 23.8. The number of hydrogen-bond donors (Lipinski definition) is 0. The molecule has 0 bridgehead atoms. The number of allylic oxidation sites excluding steroid dienone is 1. The van der Waals surface area contributed by atoms with Gasteiger partial charge in [0.25, 0.3) is 0 Å². The Balaban J connectivity index is 1.91. The van der Waals surface area contributed by atoms with E-state index in [-0.39, 0.29) is 28.2 Å². The van der Waals surface area contributed by atoms with E-state index in [1.165, 1.54) is 10.6 Å². The molecule has 0 unspecified atom stereocenters. The molecule has 0 amide bonds. The van der Waals surface area contributed by atoms with Crippen LogP contribution in [0.2, 0.25) is 5.02 Å². The highest BCUT2D eigenvalue weighted by Crippen LogP contribution is 2.37. The number of fused-ring (bicyclic) bond motifs is 1. The molecule has 1 aliphatic rings. The van der Waals surface area contributed by atoms with Crippen molar-refractivity contribution >= 4 is 34.0 Å². The molecule has 1 saturated heterocycles. The van der Waals surface area contributed by atoms with Crippen molar-refractivity contribution in [3.63, 3.8) is 0 Å². The molecule has 5 rings (SSSR count). The van der Waals surface area contributed by atoms with Crippen LogP contribution in [0.15, 0.2) is 41.7 Å². The van der Waals surface area contributed by atoms with Crippen molar-refractivity contribution in [2.24, 2.45) is 5.92 Å². The minimum absolute atomic E-state index is 0.0438. The molecule has 0 aliphatic carbocycles. The van der Waals surface area contributed by atoms with Gasteiger partial charge in [-0.3, -0.25) is 0 Å². The SMILES string of the molecule is C=C(C)c1nc(C)c(-n2c(=O)nc(N3C[C@@H](C)CC[C@@H]3C)c3cc(Cl)c(-c4ccccc4F)nc32)c(C(C)C)n1. The Morgan fingerprint density at radius 2 is 1.85 bits per heavy atom. The van der Waals surface area contributed by atoms with Crippen molar-refractivity contribution < 1.29 is 4.39 Å². The van der Waals surface area contributed by atoms with Gasteiger partial charge in [-0.25, -0.2) is 28.7 Å². The molecule has 7 nitrogen and oxygen atoms in total. The molecular weight excluding hydrogens is 527 g/mol. The van der Waals surface area contributed by atoms with Crippen molar-refractivity contribution in [1.29, 1.82) is 0 Å². The number of aryl methyl sites for hydroxylation is 1. The molecule has 1 fully saturated rings. The lowest BCUT2D eigenvalue weighted by Gasteiger charge is -2.38. The fourth-order valence-corrected chi connectivity index (χ4v) is 5.66. The van der Waals surface area contributed by atoms with Gasteiger partial charge in [0.15, 0.2) is 11.5 Å². The first-order valence-electron chi connectivity index (χ1n) is 13.7. The second-order valence-corrected chi connectivity index (χ2v) is 11.6. The summed E-state index contributed by atoms with van der Waals surface area (Å²) < 4.78 is 16.4. The third kappa shape index (κ3) is 4.89. The molecule has 0 saturated carbocycles. The normalized spacial score (nSPS) is 17.6. The molecule has 1 aromatic carbocycles. The molecule has 0 spiro atoms. The van der Waals surface area contributed by atoms with Crippen LogP contribution in [0, 0.1) is 18.7 Å². The van der Waals surface area contributed by atoms with Crippen LogP contribution in [0.1, 0.15) is 70.6 Å². The van der Waals surface area contributed by atoms with E-state index in [2.05, 4.69) is 35.3 Å². The molecule has 0 radical (unpaired) electrons. The monoisotopic (exact) mass is 560 g/mol. The Morgan fingerprint density at radius 1 is 1.12 bits per heavy atom. The van der Waals surface area contributed by atoms with Crippen molar-refractivity contribution in [3.8, 4) is 16.9 Å². The third-order valence-corrected chi connectivity index (χ3v) is 7.85. The van der Waals surface area contributed by atoms with Gasteiger partial charge in [-0.1, -0.05) is 51.1 Å². The van der Waals surface area contributed by atoms with E-state index in [1.54, 1.807) is 24.3 Å². The number of benzene rings is 1. The predicted octanol–water partition coefficient (Wildman–Crippen LogP) is 7.12. The number of hydrogen-bond acceptors (Lipinski definition) is 6. The van der Waals surface area contributed by atoms with Crippen LogP contribution in [0.25, 0.3) is 33.6 Å². The lowest BCUT2D eigenvalue weighted by atomic mass is 9.95. The molecule has 4 heterocycles. The van der Waals surface area contributed by atoms with Gasteiger partial charge in [0.05, 0.1) is 33.2 Å². The highest BCUT2D eigenvalue weighted by molar-refractivity contribution is 6.33. The molecule has 40 heavy (non-hydrogen) atoms. The number of halogens is 2. The summed E-state index contributed by atoms with van der Waals surface area (Å²) in [7, 11) is 0. The quantitative estimate of drug-likeness (QED) is 0.259. The average Bonchev–Trinajstić information content (AvgIpc) is 2.90. The van der Waals surface area contributed by atoms with E-state index in [4.69, 9.17) is 21.6 Å². The van der Waals surface area contributed by atoms with Crippen LogP contribution in [-0.2, 0) is 0 Å². The smallest absolute Gasteiger partial charge is 0.353 e. The van der Waals surface area contributed by atoms with Crippen molar-refractivity contribution in [1.82, 2.24) is 24.5 Å². The van der Waals surface area contributed by atoms with Gasteiger partial charge < -0.3 is 4.90 Å². The number of piperidine rings is 1. The zero-order chi connectivity index (χ0) is 28.9. The Kier molecular flexibility index (Phi) is 7.48. The fourth-order valence-electron chi connectivity index (χ4n) is 5.41. The lowest BCUT2D eigenvalue weighted by Crippen LogP contribution is -2.43. The van der Waals surface area contributed by atoms with Gasteiger partial charge in [-0.15, -0.1) is 0 Å². The summed E-state index contributed by atoms with van der Waals surface area (Å²) in [6.07, 6.45) is 2.08. The Labute approximate surface area is 238 Å². The van der Waals surface area contributed by atoms with Gasteiger partial charge >= 0.3 is 5.69 Å². The Morgan fingerprint density at radius 3 is 2.52 bits per heavy atom. The van der Waals surface area contributed by atoms with E-state index >= 15 is 0 Å². The number of aromatic nitrogens is 5. The van der Waals surface area contributed by atoms with Gasteiger partial charge in [0.1, 0.15) is 11.6 Å². The highest BCUT2D eigenvalue weighted by atomic mass is 35.5. The second kappa shape index (κ2) is 10.7. The van der Waals surface area contributed by atoms with Crippen LogP contribution in [0.3, 0.4) is 0 Å². The number of nitrogens with zero attached hydrogens (tertiary/aromatic N) is 6. The first-order chi connectivity index (χ1) is 19.0. The fraction of sp³-hybridized carbons (Fsp3) is 0.387. The highest BCUT2D eigenvalue weighted by Gasteiger charge is 2.29. The molecule has 208 valence electrons. The molecule has 0 N–H and O–H groups in total. The van der Waals surface area contributed by atoms with Gasteiger partial charge in [0, 0.05) is 18.2 Å². The summed E-state index contributed by atoms with van der Waals surface area (Å²) in [4.78, 5) is 35.2. The van der Waals surface area contributed by atoms with E-state index in [0.29, 0.717) is 45.7 Å². The molecule has 9 heteroatoms. The Bertz CT molecular complexity index is 1700. The van der Waals surface area contributed by atoms with E-state index in [0.717, 1.165) is 25.0 Å². The molecule has 2 atom stereocenters. The average molecular weight is 561 g/mol. The maximum Gasteiger partial charge on any atom is 0.355 e. The Hall–Kier alpha value is -3.65. The first kappa shape index (κ1) is 27.9. The van der Waals surface area contributed by atoms with Gasteiger partial charge in [0.2, 0.25) is 0 Å². The number of pyridine rings is 1. The minimum Gasteiger partial charge on any atom is -0.353 e. The van der Waals surface area contributed by atoms with Crippen LogP contribution >= 0.6 is 11.6 Å². The van der Waals surface area contributed by atoms with E-state index < -0.39 is 11.5 Å². The van der Waals surface area contributed by atoms with E-state index in [9.17, 15) is 9.18 Å². The maximum atomic E-state index is 15.0. The third-order valence-electron chi connectivity index (χ3n) is 7.56. The maximum absolute atomic E-state index is 15.0. The van der Waals surface area contributed by atoms with Gasteiger partial charge in [-0.05, 0) is 69.2 Å². The predicted molar refractivity (Wildman–Crippen MR) is 160 cm³/mol. The number of anilines is 1.